The maximum absolute atomic E-state index is 12.7. The number of hydrogen-bond acceptors (Lipinski definition) is 5. The first-order chi connectivity index (χ1) is 14.3. The molecule has 0 unspecified atom stereocenters. The minimum absolute atomic E-state index is 0.139. The van der Waals surface area contributed by atoms with E-state index < -0.39 is 0 Å². The lowest BCUT2D eigenvalue weighted by Gasteiger charge is -2.11. The van der Waals surface area contributed by atoms with Crippen LogP contribution >= 0.6 is 11.8 Å². The van der Waals surface area contributed by atoms with Gasteiger partial charge in [0, 0.05) is 34.3 Å². The van der Waals surface area contributed by atoms with Gasteiger partial charge in [-0.1, -0.05) is 24.3 Å². The molecule has 7 heteroatoms. The summed E-state index contributed by atoms with van der Waals surface area (Å²) in [5.74, 6) is 0.703. The maximum atomic E-state index is 12.7. The zero-order valence-electron chi connectivity index (χ0n) is 15.6. The number of amides is 1. The molecule has 0 spiro atoms. The highest BCUT2D eigenvalue weighted by Gasteiger charge is 2.10. The number of pyridine rings is 1. The van der Waals surface area contributed by atoms with Crippen LogP contribution in [0.25, 0.3) is 0 Å². The lowest BCUT2D eigenvalue weighted by Crippen LogP contribution is -2.14. The van der Waals surface area contributed by atoms with Crippen molar-refractivity contribution in [3.63, 3.8) is 0 Å². The van der Waals surface area contributed by atoms with Crippen LogP contribution in [0.1, 0.15) is 21.5 Å². The van der Waals surface area contributed by atoms with Crippen LogP contribution in [0.5, 0.6) is 0 Å². The number of para-hydroxylation sites is 1. The number of hydrogen-bond donors (Lipinski definition) is 1. The average Bonchev–Trinajstić information content (AvgIpc) is 3.28. The maximum Gasteiger partial charge on any atom is 0.255 e. The molecule has 0 saturated heterocycles. The smallest absolute Gasteiger partial charge is 0.255 e. The molecule has 2 heterocycles. The Labute approximate surface area is 173 Å². The summed E-state index contributed by atoms with van der Waals surface area (Å²) in [5, 5.41) is 7.13. The molecule has 0 radical (unpaired) electrons. The van der Waals surface area contributed by atoms with Gasteiger partial charge in [-0.3, -0.25) is 9.78 Å². The fraction of sp³-hybridized carbons (Fsp3) is 0.0909. The second-order valence-corrected chi connectivity index (χ2v) is 7.43. The van der Waals surface area contributed by atoms with Crippen molar-refractivity contribution >= 4 is 23.4 Å². The molecule has 2 aromatic carbocycles. The number of nitrogens with one attached hydrogen (secondary N) is 1. The summed E-state index contributed by atoms with van der Waals surface area (Å²) in [7, 11) is 0. The van der Waals surface area contributed by atoms with E-state index in [0.717, 1.165) is 21.9 Å². The molecular weight excluding hydrogens is 382 g/mol. The number of carbonyl (C=O) groups excluding carboxylic acids is 1. The van der Waals surface area contributed by atoms with Gasteiger partial charge in [-0.15, -0.1) is 11.8 Å². The second kappa shape index (κ2) is 9.16. The summed E-state index contributed by atoms with van der Waals surface area (Å²) in [5.41, 5.74) is 3.52. The van der Waals surface area contributed by atoms with E-state index in [0.29, 0.717) is 12.1 Å². The van der Waals surface area contributed by atoms with Crippen molar-refractivity contribution in [3.8, 4) is 0 Å². The van der Waals surface area contributed by atoms with E-state index in [1.165, 1.54) is 11.9 Å². The second-order valence-electron chi connectivity index (χ2n) is 6.38. The molecule has 1 N–H and O–H groups in total. The van der Waals surface area contributed by atoms with Crippen LogP contribution in [-0.2, 0) is 12.3 Å². The van der Waals surface area contributed by atoms with Gasteiger partial charge in [0.2, 0.25) is 0 Å². The quantitative estimate of drug-likeness (QED) is 0.468. The number of carbonyl (C=O) groups is 1. The van der Waals surface area contributed by atoms with E-state index in [1.54, 1.807) is 29.0 Å². The molecule has 4 aromatic rings. The van der Waals surface area contributed by atoms with Crippen molar-refractivity contribution in [1.29, 1.82) is 0 Å². The number of thioether (sulfide) groups is 1. The van der Waals surface area contributed by atoms with Crippen molar-refractivity contribution in [2.45, 2.75) is 17.2 Å². The molecule has 4 rings (SSSR count). The zero-order valence-corrected chi connectivity index (χ0v) is 16.4. The van der Waals surface area contributed by atoms with Crippen molar-refractivity contribution in [2.24, 2.45) is 0 Å². The predicted octanol–water partition coefficient (Wildman–Crippen LogP) is 4.27. The predicted molar refractivity (Wildman–Crippen MR) is 114 cm³/mol. The van der Waals surface area contributed by atoms with E-state index in [9.17, 15) is 4.79 Å². The first kappa shape index (κ1) is 18.9. The van der Waals surface area contributed by atoms with Crippen molar-refractivity contribution in [3.05, 3.63) is 102 Å². The minimum Gasteiger partial charge on any atom is -0.322 e. The van der Waals surface area contributed by atoms with Gasteiger partial charge in [0.1, 0.15) is 12.7 Å². The van der Waals surface area contributed by atoms with Gasteiger partial charge in [-0.05, 0) is 47.5 Å². The Morgan fingerprint density at radius 3 is 2.62 bits per heavy atom. The fourth-order valence-electron chi connectivity index (χ4n) is 2.82. The molecule has 0 aliphatic rings. The van der Waals surface area contributed by atoms with Gasteiger partial charge in [-0.25, -0.2) is 9.67 Å². The normalized spacial score (nSPS) is 10.6. The summed E-state index contributed by atoms with van der Waals surface area (Å²) < 4.78 is 1.72. The first-order valence-electron chi connectivity index (χ1n) is 9.11. The van der Waals surface area contributed by atoms with Crippen molar-refractivity contribution in [1.82, 2.24) is 19.7 Å². The van der Waals surface area contributed by atoms with Crippen LogP contribution in [0, 0.1) is 0 Å². The van der Waals surface area contributed by atoms with E-state index in [4.69, 9.17) is 0 Å². The molecule has 0 saturated carbocycles. The zero-order chi connectivity index (χ0) is 19.9. The van der Waals surface area contributed by atoms with Crippen molar-refractivity contribution < 1.29 is 4.79 Å². The number of aromatic nitrogens is 4. The molecule has 0 atom stereocenters. The van der Waals surface area contributed by atoms with Crippen LogP contribution in [0.15, 0.2) is 90.6 Å². The Balaban J connectivity index is 1.40. The molecule has 0 aliphatic carbocycles. The SMILES string of the molecule is O=C(Nc1ccccc1Cn1cncn1)c1ccc(SCc2cccnc2)cc1. The first-order valence-corrected chi connectivity index (χ1v) is 10.1. The summed E-state index contributed by atoms with van der Waals surface area (Å²) in [6.07, 6.45) is 6.78. The van der Waals surface area contributed by atoms with Crippen LogP contribution in [0.2, 0.25) is 0 Å². The van der Waals surface area contributed by atoms with Crippen LogP contribution < -0.4 is 5.32 Å². The van der Waals surface area contributed by atoms with Gasteiger partial charge in [0.25, 0.3) is 5.91 Å². The van der Waals surface area contributed by atoms with Gasteiger partial charge >= 0.3 is 0 Å². The highest BCUT2D eigenvalue weighted by molar-refractivity contribution is 7.98. The standard InChI is InChI=1S/C22H19N5OS/c28-22(26-21-6-2-1-5-19(21)13-27-16-24-15-25-27)18-7-9-20(10-8-18)29-14-17-4-3-11-23-12-17/h1-12,15-16H,13-14H2,(H,26,28). The topological polar surface area (TPSA) is 72.7 Å². The Morgan fingerprint density at radius 2 is 1.86 bits per heavy atom. The van der Waals surface area contributed by atoms with Crippen LogP contribution in [-0.4, -0.2) is 25.7 Å². The average molecular weight is 401 g/mol. The van der Waals surface area contributed by atoms with Gasteiger partial charge in [0.05, 0.1) is 6.54 Å². The third-order valence-electron chi connectivity index (χ3n) is 4.31. The van der Waals surface area contributed by atoms with E-state index >= 15 is 0 Å². The fourth-order valence-corrected chi connectivity index (χ4v) is 3.65. The van der Waals surface area contributed by atoms with Crippen molar-refractivity contribution in [2.75, 3.05) is 5.32 Å². The number of anilines is 1. The number of nitrogens with zero attached hydrogens (tertiary/aromatic N) is 4. The molecule has 144 valence electrons. The summed E-state index contributed by atoms with van der Waals surface area (Å²) in [4.78, 5) is 21.9. The monoisotopic (exact) mass is 401 g/mol. The summed E-state index contributed by atoms with van der Waals surface area (Å²) in [6, 6.07) is 19.3. The number of rotatable bonds is 7. The highest BCUT2D eigenvalue weighted by atomic mass is 32.2. The lowest BCUT2D eigenvalue weighted by molar-refractivity contribution is 0.102. The lowest BCUT2D eigenvalue weighted by atomic mass is 10.1. The van der Waals surface area contributed by atoms with Crippen LogP contribution in [0.4, 0.5) is 5.69 Å². The Bertz CT molecular complexity index is 1070. The van der Waals surface area contributed by atoms with Gasteiger partial charge in [-0.2, -0.15) is 5.10 Å². The molecule has 0 bridgehead atoms. The number of benzene rings is 2. The largest absolute Gasteiger partial charge is 0.322 e. The molecule has 6 nitrogen and oxygen atoms in total. The molecule has 29 heavy (non-hydrogen) atoms. The van der Waals surface area contributed by atoms with E-state index in [1.807, 2.05) is 60.8 Å². The molecule has 0 fully saturated rings. The summed E-state index contributed by atoms with van der Waals surface area (Å²) >= 11 is 1.72. The highest BCUT2D eigenvalue weighted by Crippen LogP contribution is 2.23. The Morgan fingerprint density at radius 1 is 1.00 bits per heavy atom. The van der Waals surface area contributed by atoms with Gasteiger partial charge in [0.15, 0.2) is 0 Å². The molecular formula is C22H19N5OS. The third kappa shape index (κ3) is 5.08. The third-order valence-corrected chi connectivity index (χ3v) is 5.39. The molecule has 2 aromatic heterocycles. The van der Waals surface area contributed by atoms with Gasteiger partial charge < -0.3 is 5.32 Å². The molecule has 0 aliphatic heterocycles. The Hall–Kier alpha value is -3.45. The Kier molecular flexibility index (Phi) is 5.97. The van der Waals surface area contributed by atoms with E-state index in [2.05, 4.69) is 26.4 Å². The molecule has 1 amide bonds. The summed E-state index contributed by atoms with van der Waals surface area (Å²) in [6.45, 7) is 0.542. The minimum atomic E-state index is -0.139. The van der Waals surface area contributed by atoms with E-state index in [-0.39, 0.29) is 5.91 Å². The van der Waals surface area contributed by atoms with Crippen LogP contribution in [0.3, 0.4) is 0 Å².